The fourth-order valence-electron chi connectivity index (χ4n) is 1.24. The van der Waals surface area contributed by atoms with Gasteiger partial charge >= 0.3 is 10.2 Å². The van der Waals surface area contributed by atoms with Crippen molar-refractivity contribution in [2.45, 2.75) is 0 Å². The molecule has 5 nitrogen and oxygen atoms in total. The van der Waals surface area contributed by atoms with Crippen molar-refractivity contribution in [2.75, 3.05) is 24.9 Å². The average Bonchev–Trinajstić information content (AvgIpc) is 3.00. The van der Waals surface area contributed by atoms with Crippen LogP contribution in [-0.2, 0) is 10.2 Å². The first-order chi connectivity index (χ1) is 7.53. The highest BCUT2D eigenvalue weighted by atomic mass is 32.2. The van der Waals surface area contributed by atoms with Crippen LogP contribution in [0.25, 0.3) is 0 Å². The van der Waals surface area contributed by atoms with Crippen molar-refractivity contribution in [3.05, 3.63) is 24.0 Å². The van der Waals surface area contributed by atoms with Crippen LogP contribution >= 0.6 is 0 Å². The normalized spacial score (nSPS) is 15.9. The molecule has 0 unspecified atom stereocenters. The van der Waals surface area contributed by atoms with E-state index in [0.29, 0.717) is 13.1 Å². The van der Waals surface area contributed by atoms with Crippen molar-refractivity contribution >= 4 is 15.9 Å². The van der Waals surface area contributed by atoms with Gasteiger partial charge in [0.25, 0.3) is 0 Å². The zero-order chi connectivity index (χ0) is 11.8. The van der Waals surface area contributed by atoms with Gasteiger partial charge in [0.1, 0.15) is 11.6 Å². The molecule has 88 valence electrons. The molecule has 1 aromatic carbocycles. The number of nitrogens with zero attached hydrogens (tertiary/aromatic N) is 1. The summed E-state index contributed by atoms with van der Waals surface area (Å²) in [5.74, 6) is -0.240. The lowest BCUT2D eigenvalue weighted by atomic mass is 10.3. The lowest BCUT2D eigenvalue weighted by molar-refractivity contribution is 0.415. The van der Waals surface area contributed by atoms with Crippen LogP contribution < -0.4 is 9.46 Å². The van der Waals surface area contributed by atoms with Gasteiger partial charge < -0.3 is 4.74 Å². The van der Waals surface area contributed by atoms with E-state index in [-0.39, 0.29) is 11.4 Å². The van der Waals surface area contributed by atoms with Crippen LogP contribution in [0.15, 0.2) is 18.2 Å². The lowest BCUT2D eigenvalue weighted by Gasteiger charge is -2.11. The van der Waals surface area contributed by atoms with Gasteiger partial charge in [0, 0.05) is 19.2 Å². The number of benzene rings is 1. The lowest BCUT2D eigenvalue weighted by Crippen LogP contribution is -2.21. The first-order valence-corrected chi connectivity index (χ1v) is 6.08. The molecule has 0 aromatic heterocycles. The fraction of sp³-hybridized carbons (Fsp3) is 0.333. The van der Waals surface area contributed by atoms with Crippen molar-refractivity contribution in [3.8, 4) is 5.75 Å². The molecule has 7 heteroatoms. The maximum Gasteiger partial charge on any atom is 0.301 e. The molecular formula is C9H11FN2O3S. The van der Waals surface area contributed by atoms with Gasteiger partial charge in [-0.1, -0.05) is 0 Å². The molecule has 1 saturated heterocycles. The molecule has 0 amide bonds. The van der Waals surface area contributed by atoms with Crippen molar-refractivity contribution in [1.29, 1.82) is 0 Å². The molecule has 1 N–H and O–H groups in total. The quantitative estimate of drug-likeness (QED) is 0.800. The van der Waals surface area contributed by atoms with E-state index in [1.807, 2.05) is 0 Å². The molecule has 2 rings (SSSR count). The van der Waals surface area contributed by atoms with E-state index in [9.17, 15) is 12.8 Å². The Bertz CT molecular complexity index is 499. The second-order valence-corrected chi connectivity index (χ2v) is 5.02. The zero-order valence-electron chi connectivity index (χ0n) is 8.60. The molecule has 1 aliphatic rings. The van der Waals surface area contributed by atoms with Gasteiger partial charge in [0.2, 0.25) is 0 Å². The minimum atomic E-state index is -3.55. The van der Waals surface area contributed by atoms with Crippen LogP contribution in [-0.4, -0.2) is 32.9 Å². The topological polar surface area (TPSA) is 58.4 Å². The van der Waals surface area contributed by atoms with Crippen LogP contribution in [0.2, 0.25) is 0 Å². The third-order valence-electron chi connectivity index (χ3n) is 2.15. The first kappa shape index (κ1) is 11.2. The molecule has 1 aromatic rings. The molecule has 0 saturated carbocycles. The van der Waals surface area contributed by atoms with Crippen molar-refractivity contribution in [3.63, 3.8) is 0 Å². The van der Waals surface area contributed by atoms with Crippen LogP contribution in [0, 0.1) is 5.82 Å². The first-order valence-electron chi connectivity index (χ1n) is 4.64. The summed E-state index contributed by atoms with van der Waals surface area (Å²) in [4.78, 5) is 0. The van der Waals surface area contributed by atoms with Crippen LogP contribution in [0.4, 0.5) is 10.1 Å². The molecule has 1 heterocycles. The number of rotatable bonds is 4. The second-order valence-electron chi connectivity index (χ2n) is 3.35. The molecule has 0 radical (unpaired) electrons. The van der Waals surface area contributed by atoms with Crippen LogP contribution in [0.5, 0.6) is 5.75 Å². The predicted molar refractivity (Wildman–Crippen MR) is 57.1 cm³/mol. The minimum absolute atomic E-state index is 0.106. The minimum Gasteiger partial charge on any atom is -0.495 e. The number of hydrogen-bond acceptors (Lipinski definition) is 3. The summed E-state index contributed by atoms with van der Waals surface area (Å²) in [5, 5.41) is 0. The summed E-state index contributed by atoms with van der Waals surface area (Å²) < 4.78 is 44.6. The standard InChI is InChI=1S/C9H11FN2O3S/c1-15-9-3-2-7(10)6-8(9)11-16(13,14)12-4-5-12/h2-3,6,11H,4-5H2,1H3. The molecule has 16 heavy (non-hydrogen) atoms. The van der Waals surface area contributed by atoms with Gasteiger partial charge in [-0.05, 0) is 12.1 Å². The smallest absolute Gasteiger partial charge is 0.301 e. The summed E-state index contributed by atoms with van der Waals surface area (Å²) >= 11 is 0. The van der Waals surface area contributed by atoms with Gasteiger partial charge in [0.05, 0.1) is 12.8 Å². The highest BCUT2D eigenvalue weighted by Crippen LogP contribution is 2.27. The Balaban J connectivity index is 2.29. The Labute approximate surface area is 93.0 Å². The van der Waals surface area contributed by atoms with Gasteiger partial charge in [-0.2, -0.15) is 12.7 Å². The van der Waals surface area contributed by atoms with E-state index in [0.717, 1.165) is 6.07 Å². The Morgan fingerprint density at radius 1 is 1.44 bits per heavy atom. The van der Waals surface area contributed by atoms with Crippen LogP contribution in [0.1, 0.15) is 0 Å². The number of nitrogens with one attached hydrogen (secondary N) is 1. The maximum atomic E-state index is 13.0. The van der Waals surface area contributed by atoms with E-state index in [4.69, 9.17) is 4.74 Å². The Kier molecular flexibility index (Phi) is 2.73. The van der Waals surface area contributed by atoms with E-state index in [1.54, 1.807) is 0 Å². The van der Waals surface area contributed by atoms with Gasteiger partial charge in [-0.3, -0.25) is 4.72 Å². The predicted octanol–water partition coefficient (Wildman–Crippen LogP) is 0.807. The number of anilines is 1. The molecule has 1 aliphatic heterocycles. The van der Waals surface area contributed by atoms with Gasteiger partial charge in [-0.15, -0.1) is 0 Å². The molecule has 0 spiro atoms. The second kappa shape index (κ2) is 3.91. The summed E-state index contributed by atoms with van der Waals surface area (Å²) in [6, 6.07) is 3.66. The van der Waals surface area contributed by atoms with E-state index < -0.39 is 16.0 Å². The summed E-state index contributed by atoms with van der Waals surface area (Å²) in [7, 11) is -2.16. The van der Waals surface area contributed by atoms with E-state index in [1.165, 1.54) is 23.5 Å². The summed E-state index contributed by atoms with van der Waals surface area (Å²) in [6.07, 6.45) is 0. The number of halogens is 1. The van der Waals surface area contributed by atoms with E-state index in [2.05, 4.69) is 4.72 Å². The maximum absolute atomic E-state index is 13.0. The largest absolute Gasteiger partial charge is 0.495 e. The van der Waals surface area contributed by atoms with E-state index >= 15 is 0 Å². The van der Waals surface area contributed by atoms with Crippen molar-refractivity contribution in [2.24, 2.45) is 0 Å². The third-order valence-corrected chi connectivity index (χ3v) is 3.67. The Hall–Kier alpha value is -1.34. The molecule has 0 aliphatic carbocycles. The Morgan fingerprint density at radius 2 is 2.12 bits per heavy atom. The molecule has 0 bridgehead atoms. The monoisotopic (exact) mass is 246 g/mol. The van der Waals surface area contributed by atoms with Gasteiger partial charge in [-0.25, -0.2) is 4.39 Å². The van der Waals surface area contributed by atoms with Gasteiger partial charge in [0.15, 0.2) is 0 Å². The molecular weight excluding hydrogens is 235 g/mol. The number of ether oxygens (including phenoxy) is 1. The number of methoxy groups -OCH3 is 1. The zero-order valence-corrected chi connectivity index (χ0v) is 9.42. The Morgan fingerprint density at radius 3 is 2.69 bits per heavy atom. The summed E-state index contributed by atoms with van der Waals surface area (Å²) in [6.45, 7) is 0.986. The fourth-order valence-corrected chi connectivity index (χ4v) is 2.37. The average molecular weight is 246 g/mol. The third kappa shape index (κ3) is 2.25. The molecule has 0 atom stereocenters. The highest BCUT2D eigenvalue weighted by molar-refractivity contribution is 7.90. The summed E-state index contributed by atoms with van der Waals surface area (Å²) in [5.41, 5.74) is 0.106. The SMILES string of the molecule is COc1ccc(F)cc1NS(=O)(=O)N1CC1. The van der Waals surface area contributed by atoms with Crippen molar-refractivity contribution in [1.82, 2.24) is 4.31 Å². The number of hydrogen-bond donors (Lipinski definition) is 1. The highest BCUT2D eigenvalue weighted by Gasteiger charge is 2.32. The van der Waals surface area contributed by atoms with Crippen molar-refractivity contribution < 1.29 is 17.5 Å². The molecule has 1 fully saturated rings. The van der Waals surface area contributed by atoms with Crippen LogP contribution in [0.3, 0.4) is 0 Å².